The van der Waals surface area contributed by atoms with Gasteiger partial charge in [-0.15, -0.1) is 23.2 Å². The molecule has 2 unspecified atom stereocenters. The van der Waals surface area contributed by atoms with E-state index in [1.807, 2.05) is 0 Å². The Morgan fingerprint density at radius 1 is 1.26 bits per heavy atom. The normalized spacial score (nSPS) is 27.1. The fraction of sp³-hybridized carbons (Fsp3) is 0.769. The second-order valence-corrected chi connectivity index (χ2v) is 6.87. The van der Waals surface area contributed by atoms with Crippen LogP contribution in [0.25, 0.3) is 0 Å². The van der Waals surface area contributed by atoms with E-state index < -0.39 is 27.9 Å². The Morgan fingerprint density at radius 3 is 2.32 bits per heavy atom. The van der Waals surface area contributed by atoms with Crippen LogP contribution in [0.1, 0.15) is 38.5 Å². The molecular weight excluding hydrogens is 287 g/mol. The van der Waals surface area contributed by atoms with E-state index in [0.29, 0.717) is 6.42 Å². The summed E-state index contributed by atoms with van der Waals surface area (Å²) in [6.45, 7) is 0. The van der Waals surface area contributed by atoms with Crippen LogP contribution in [0, 0.1) is 23.2 Å². The summed E-state index contributed by atoms with van der Waals surface area (Å²) in [5.41, 5.74) is 0. The summed E-state index contributed by atoms with van der Waals surface area (Å²) >= 11 is 11.6. The predicted molar refractivity (Wildman–Crippen MR) is 71.7 cm³/mol. The number of ketones is 1. The van der Waals surface area contributed by atoms with Crippen LogP contribution in [-0.2, 0) is 9.59 Å². The van der Waals surface area contributed by atoms with E-state index in [1.165, 1.54) is 6.42 Å². The number of nitrogens with zero attached hydrogens (tertiary/aromatic N) is 1. The number of alkyl halides is 2. The summed E-state index contributed by atoms with van der Waals surface area (Å²) in [6.07, 6.45) is 5.48. The number of halogens is 2. The highest BCUT2D eigenvalue weighted by atomic mass is 35.5. The van der Waals surface area contributed by atoms with Crippen molar-refractivity contribution in [1.29, 1.82) is 5.26 Å². The maximum absolute atomic E-state index is 12.0. The lowest BCUT2D eigenvalue weighted by atomic mass is 9.94. The lowest BCUT2D eigenvalue weighted by Crippen LogP contribution is -2.42. The van der Waals surface area contributed by atoms with Crippen molar-refractivity contribution in [3.8, 4) is 6.07 Å². The van der Waals surface area contributed by atoms with Crippen LogP contribution >= 0.6 is 23.2 Å². The van der Waals surface area contributed by atoms with Crippen molar-refractivity contribution in [2.24, 2.45) is 11.8 Å². The van der Waals surface area contributed by atoms with Gasteiger partial charge in [0, 0.05) is 6.04 Å². The van der Waals surface area contributed by atoms with Gasteiger partial charge >= 0.3 is 0 Å². The first-order chi connectivity index (χ1) is 8.95. The molecule has 6 heteroatoms. The fourth-order valence-electron chi connectivity index (χ4n) is 2.51. The lowest BCUT2D eigenvalue weighted by molar-refractivity contribution is -0.132. The number of nitriles is 1. The Hall–Kier alpha value is -0.790. The Kier molecular flexibility index (Phi) is 4.37. The minimum absolute atomic E-state index is 0.0841. The molecule has 1 amide bonds. The molecule has 0 heterocycles. The Bertz CT molecular complexity index is 425. The van der Waals surface area contributed by atoms with Crippen molar-refractivity contribution in [2.45, 2.75) is 48.9 Å². The van der Waals surface area contributed by atoms with Gasteiger partial charge in [0.1, 0.15) is 4.33 Å². The van der Waals surface area contributed by atoms with Crippen LogP contribution in [0.15, 0.2) is 0 Å². The fourth-order valence-corrected chi connectivity index (χ4v) is 3.03. The summed E-state index contributed by atoms with van der Waals surface area (Å²) in [7, 11) is 0. The molecule has 0 bridgehead atoms. The van der Waals surface area contributed by atoms with E-state index in [2.05, 4.69) is 5.32 Å². The molecule has 0 radical (unpaired) electrons. The van der Waals surface area contributed by atoms with Gasteiger partial charge in [0.25, 0.3) is 0 Å². The first kappa shape index (κ1) is 14.6. The van der Waals surface area contributed by atoms with Crippen molar-refractivity contribution in [3.63, 3.8) is 0 Å². The van der Waals surface area contributed by atoms with E-state index in [0.717, 1.165) is 25.7 Å². The van der Waals surface area contributed by atoms with Crippen LogP contribution < -0.4 is 5.32 Å². The minimum atomic E-state index is -1.29. The molecule has 0 aromatic heterocycles. The number of Topliss-reactive ketones (excluding diaryl/α,β-unsaturated/α-hetero) is 1. The van der Waals surface area contributed by atoms with Gasteiger partial charge in [-0.05, 0) is 19.3 Å². The molecule has 2 aliphatic rings. The first-order valence-corrected chi connectivity index (χ1v) is 7.33. The van der Waals surface area contributed by atoms with Crippen LogP contribution in [0.5, 0.6) is 0 Å². The zero-order valence-corrected chi connectivity index (χ0v) is 12.0. The maximum atomic E-state index is 12.0. The zero-order valence-electron chi connectivity index (χ0n) is 10.5. The molecule has 0 aromatic rings. The van der Waals surface area contributed by atoms with Gasteiger partial charge < -0.3 is 5.32 Å². The lowest BCUT2D eigenvalue weighted by Gasteiger charge is -2.23. The van der Waals surface area contributed by atoms with Crippen molar-refractivity contribution in [1.82, 2.24) is 5.32 Å². The van der Waals surface area contributed by atoms with Crippen molar-refractivity contribution in [3.05, 3.63) is 0 Å². The van der Waals surface area contributed by atoms with Crippen LogP contribution in [0.3, 0.4) is 0 Å². The van der Waals surface area contributed by atoms with Crippen molar-refractivity contribution < 1.29 is 9.59 Å². The molecule has 0 aromatic carbocycles. The standard InChI is InChI=1S/C13H16Cl2N2O2/c14-13(15)6-10(13)11(18)9(7-16)12(19)17-8-4-2-1-3-5-8/h8-10H,1-6H2,(H,17,19). The SMILES string of the molecule is N#CC(C(=O)NC1CCCCC1)C(=O)C1CC1(Cl)Cl. The predicted octanol–water partition coefficient (Wildman–Crippen LogP) is 2.34. The van der Waals surface area contributed by atoms with E-state index in [1.54, 1.807) is 6.07 Å². The second-order valence-electron chi connectivity index (χ2n) is 5.33. The molecule has 0 saturated heterocycles. The molecular formula is C13H16Cl2N2O2. The minimum Gasteiger partial charge on any atom is -0.352 e. The van der Waals surface area contributed by atoms with Crippen LogP contribution in [0.2, 0.25) is 0 Å². The summed E-state index contributed by atoms with van der Waals surface area (Å²) in [5.74, 6) is -2.83. The second kappa shape index (κ2) is 5.68. The number of rotatable bonds is 4. The average molecular weight is 303 g/mol. The number of amides is 1. The Morgan fingerprint density at radius 2 is 1.84 bits per heavy atom. The van der Waals surface area contributed by atoms with Gasteiger partial charge in [0.05, 0.1) is 12.0 Å². The number of hydrogen-bond donors (Lipinski definition) is 1. The third-order valence-electron chi connectivity index (χ3n) is 3.80. The number of nitrogens with one attached hydrogen (secondary N) is 1. The average Bonchev–Trinajstić information content (AvgIpc) is 3.00. The van der Waals surface area contributed by atoms with Crippen LogP contribution in [-0.4, -0.2) is 22.1 Å². The third-order valence-corrected chi connectivity index (χ3v) is 4.63. The number of carbonyl (C=O) groups excluding carboxylic acids is 2. The van der Waals surface area contributed by atoms with Gasteiger partial charge in [-0.25, -0.2) is 0 Å². The van der Waals surface area contributed by atoms with E-state index >= 15 is 0 Å². The summed E-state index contributed by atoms with van der Waals surface area (Å²) < 4.78 is -1.09. The Labute approximate surface area is 122 Å². The largest absolute Gasteiger partial charge is 0.352 e. The smallest absolute Gasteiger partial charge is 0.245 e. The molecule has 104 valence electrons. The van der Waals surface area contributed by atoms with Gasteiger partial charge in [-0.2, -0.15) is 5.26 Å². The number of hydrogen-bond acceptors (Lipinski definition) is 3. The Balaban J connectivity index is 1.92. The highest BCUT2D eigenvalue weighted by Crippen LogP contribution is 2.54. The third kappa shape index (κ3) is 3.40. The molecule has 2 fully saturated rings. The molecule has 0 spiro atoms. The first-order valence-electron chi connectivity index (χ1n) is 6.57. The zero-order chi connectivity index (χ0) is 14.0. The van der Waals surface area contributed by atoms with Gasteiger partial charge in [-0.1, -0.05) is 19.3 Å². The van der Waals surface area contributed by atoms with Gasteiger partial charge in [-0.3, -0.25) is 9.59 Å². The molecule has 19 heavy (non-hydrogen) atoms. The molecule has 0 aliphatic heterocycles. The quantitative estimate of drug-likeness (QED) is 0.640. The van der Waals surface area contributed by atoms with E-state index in [4.69, 9.17) is 28.5 Å². The topological polar surface area (TPSA) is 70.0 Å². The highest BCUT2D eigenvalue weighted by molar-refractivity contribution is 6.52. The monoisotopic (exact) mass is 302 g/mol. The van der Waals surface area contributed by atoms with Crippen LogP contribution in [0.4, 0.5) is 0 Å². The van der Waals surface area contributed by atoms with Crippen molar-refractivity contribution >= 4 is 34.9 Å². The molecule has 4 nitrogen and oxygen atoms in total. The molecule has 2 rings (SSSR count). The summed E-state index contributed by atoms with van der Waals surface area (Å²) in [4.78, 5) is 24.0. The highest BCUT2D eigenvalue weighted by Gasteiger charge is 2.58. The van der Waals surface area contributed by atoms with Crippen molar-refractivity contribution in [2.75, 3.05) is 0 Å². The maximum Gasteiger partial charge on any atom is 0.245 e. The summed E-state index contributed by atoms with van der Waals surface area (Å²) in [6, 6.07) is 1.86. The van der Waals surface area contributed by atoms with E-state index in [-0.39, 0.29) is 6.04 Å². The van der Waals surface area contributed by atoms with Gasteiger partial charge in [0.2, 0.25) is 5.91 Å². The molecule has 2 saturated carbocycles. The molecule has 2 aliphatic carbocycles. The summed E-state index contributed by atoms with van der Waals surface area (Å²) in [5, 5.41) is 11.8. The molecule has 2 atom stereocenters. The molecule has 1 N–H and O–H groups in total. The van der Waals surface area contributed by atoms with E-state index in [9.17, 15) is 9.59 Å². The number of carbonyl (C=O) groups is 2. The van der Waals surface area contributed by atoms with Gasteiger partial charge in [0.15, 0.2) is 11.7 Å².